The van der Waals surface area contributed by atoms with Crippen LogP contribution in [0.2, 0.25) is 0 Å². The summed E-state index contributed by atoms with van der Waals surface area (Å²) in [6.07, 6.45) is 3.82. The zero-order valence-electron chi connectivity index (χ0n) is 12.1. The Hall–Kier alpha value is -1.50. The van der Waals surface area contributed by atoms with Crippen LogP contribution in [-0.2, 0) is 6.54 Å². The number of nitrogens with zero attached hydrogens (tertiary/aromatic N) is 3. The molecule has 0 saturated carbocycles. The van der Waals surface area contributed by atoms with Gasteiger partial charge < -0.3 is 5.32 Å². The van der Waals surface area contributed by atoms with Crippen LogP contribution in [0.5, 0.6) is 0 Å². The van der Waals surface area contributed by atoms with Crippen LogP contribution in [0.15, 0.2) is 40.7 Å². The van der Waals surface area contributed by atoms with E-state index in [4.69, 9.17) is 0 Å². The quantitative estimate of drug-likeness (QED) is 0.751. The van der Waals surface area contributed by atoms with Gasteiger partial charge in [0.05, 0.1) is 11.7 Å². The predicted molar refractivity (Wildman–Crippen MR) is 88.7 cm³/mol. The first kappa shape index (κ1) is 14.4. The second-order valence-corrected chi connectivity index (χ2v) is 6.69. The molecule has 0 amide bonds. The molecule has 2 unspecified atom stereocenters. The molecule has 3 aromatic rings. The third kappa shape index (κ3) is 3.40. The molecule has 6 heteroatoms. The fourth-order valence-electron chi connectivity index (χ4n) is 2.09. The highest BCUT2D eigenvalue weighted by Crippen LogP contribution is 2.25. The first-order chi connectivity index (χ1) is 10.2. The molecule has 0 saturated heterocycles. The number of aromatic nitrogens is 3. The lowest BCUT2D eigenvalue weighted by atomic mass is 10.2. The van der Waals surface area contributed by atoms with E-state index in [2.05, 4.69) is 51.5 Å². The van der Waals surface area contributed by atoms with Crippen LogP contribution in [0, 0.1) is 0 Å². The van der Waals surface area contributed by atoms with Crippen LogP contribution < -0.4 is 5.32 Å². The van der Waals surface area contributed by atoms with Gasteiger partial charge in [0.25, 0.3) is 0 Å². The lowest BCUT2D eigenvalue weighted by molar-refractivity contribution is 0.364. The van der Waals surface area contributed by atoms with Gasteiger partial charge >= 0.3 is 0 Å². The van der Waals surface area contributed by atoms with Crippen molar-refractivity contribution < 1.29 is 0 Å². The van der Waals surface area contributed by atoms with E-state index >= 15 is 0 Å². The Morgan fingerprint density at radius 3 is 2.95 bits per heavy atom. The highest BCUT2D eigenvalue weighted by molar-refractivity contribution is 7.14. The number of nitrogens with one attached hydrogen (secondary N) is 1. The number of rotatable bonds is 6. The minimum absolute atomic E-state index is 0.315. The van der Waals surface area contributed by atoms with Gasteiger partial charge in [-0.2, -0.15) is 16.4 Å². The van der Waals surface area contributed by atoms with Crippen LogP contribution in [0.4, 0.5) is 0 Å². The van der Waals surface area contributed by atoms with Crippen LogP contribution in [0.25, 0.3) is 10.6 Å². The molecule has 0 aliphatic rings. The SMILES string of the molecule is CC(NCc1csc(-c2ccsc2)n1)C(C)n1cccn1. The van der Waals surface area contributed by atoms with Gasteiger partial charge in [0.2, 0.25) is 0 Å². The fraction of sp³-hybridized carbons (Fsp3) is 0.333. The highest BCUT2D eigenvalue weighted by atomic mass is 32.1. The van der Waals surface area contributed by atoms with E-state index in [-0.39, 0.29) is 0 Å². The molecule has 21 heavy (non-hydrogen) atoms. The second-order valence-electron chi connectivity index (χ2n) is 5.05. The molecule has 1 N–H and O–H groups in total. The molecular formula is C15H18N4S2. The van der Waals surface area contributed by atoms with E-state index in [1.165, 1.54) is 5.56 Å². The van der Waals surface area contributed by atoms with E-state index in [0.29, 0.717) is 12.1 Å². The van der Waals surface area contributed by atoms with E-state index in [0.717, 1.165) is 17.2 Å². The summed E-state index contributed by atoms with van der Waals surface area (Å²) in [7, 11) is 0. The Bertz CT molecular complexity index is 658. The van der Waals surface area contributed by atoms with E-state index in [1.54, 1.807) is 22.7 Å². The third-order valence-corrected chi connectivity index (χ3v) is 5.21. The second kappa shape index (κ2) is 6.51. The highest BCUT2D eigenvalue weighted by Gasteiger charge is 2.14. The zero-order chi connectivity index (χ0) is 14.7. The normalized spacial score (nSPS) is 14.2. The Morgan fingerprint density at radius 2 is 2.24 bits per heavy atom. The van der Waals surface area contributed by atoms with Gasteiger partial charge in [0.15, 0.2) is 0 Å². The van der Waals surface area contributed by atoms with E-state index < -0.39 is 0 Å². The van der Waals surface area contributed by atoms with Crippen molar-refractivity contribution in [3.05, 3.63) is 46.4 Å². The Morgan fingerprint density at radius 1 is 1.33 bits per heavy atom. The zero-order valence-corrected chi connectivity index (χ0v) is 13.7. The van der Waals surface area contributed by atoms with Crippen LogP contribution in [0.1, 0.15) is 25.6 Å². The van der Waals surface area contributed by atoms with Crippen molar-refractivity contribution in [2.45, 2.75) is 32.5 Å². The first-order valence-electron chi connectivity index (χ1n) is 6.93. The number of thiophene rings is 1. The fourth-order valence-corrected chi connectivity index (χ4v) is 3.63. The summed E-state index contributed by atoms with van der Waals surface area (Å²) in [6, 6.07) is 4.71. The minimum atomic E-state index is 0.315. The largest absolute Gasteiger partial charge is 0.306 e. The molecule has 3 aromatic heterocycles. The van der Waals surface area contributed by atoms with Crippen molar-refractivity contribution in [2.24, 2.45) is 0 Å². The lowest BCUT2D eigenvalue weighted by Crippen LogP contribution is -2.33. The summed E-state index contributed by atoms with van der Waals surface area (Å²) in [6.45, 7) is 5.13. The monoisotopic (exact) mass is 318 g/mol. The average molecular weight is 318 g/mol. The minimum Gasteiger partial charge on any atom is -0.306 e. The molecule has 2 atom stereocenters. The molecule has 0 spiro atoms. The molecule has 0 bridgehead atoms. The summed E-state index contributed by atoms with van der Waals surface area (Å²) in [5, 5.41) is 15.3. The van der Waals surface area contributed by atoms with Gasteiger partial charge in [0.1, 0.15) is 5.01 Å². The molecular weight excluding hydrogens is 300 g/mol. The molecule has 0 aromatic carbocycles. The lowest BCUT2D eigenvalue weighted by Gasteiger charge is -2.21. The number of hydrogen-bond donors (Lipinski definition) is 1. The molecule has 0 fully saturated rings. The van der Waals surface area contributed by atoms with Gasteiger partial charge in [-0.05, 0) is 31.4 Å². The van der Waals surface area contributed by atoms with Crippen LogP contribution >= 0.6 is 22.7 Å². The summed E-state index contributed by atoms with van der Waals surface area (Å²) in [5.74, 6) is 0. The maximum absolute atomic E-state index is 4.69. The van der Waals surface area contributed by atoms with Crippen molar-refractivity contribution >= 4 is 22.7 Å². The molecule has 0 radical (unpaired) electrons. The summed E-state index contributed by atoms with van der Waals surface area (Å²) < 4.78 is 1.98. The molecule has 110 valence electrons. The standard InChI is InChI=1S/C15H18N4S2/c1-11(12(2)19-6-3-5-17-19)16-8-14-10-21-15(18-14)13-4-7-20-9-13/h3-7,9-12,16H,8H2,1-2H3. The van der Waals surface area contributed by atoms with Crippen molar-refractivity contribution in [2.75, 3.05) is 0 Å². The van der Waals surface area contributed by atoms with Gasteiger partial charge in [-0.25, -0.2) is 4.98 Å². The van der Waals surface area contributed by atoms with Crippen LogP contribution in [0.3, 0.4) is 0 Å². The van der Waals surface area contributed by atoms with Crippen molar-refractivity contribution in [3.8, 4) is 10.6 Å². The van der Waals surface area contributed by atoms with Gasteiger partial charge in [-0.1, -0.05) is 0 Å². The smallest absolute Gasteiger partial charge is 0.124 e. The van der Waals surface area contributed by atoms with Gasteiger partial charge in [-0.15, -0.1) is 11.3 Å². The number of hydrogen-bond acceptors (Lipinski definition) is 5. The first-order valence-corrected chi connectivity index (χ1v) is 8.76. The maximum Gasteiger partial charge on any atom is 0.124 e. The molecule has 3 heterocycles. The van der Waals surface area contributed by atoms with Crippen molar-refractivity contribution in [1.82, 2.24) is 20.1 Å². The third-order valence-electron chi connectivity index (χ3n) is 3.59. The van der Waals surface area contributed by atoms with Crippen LogP contribution in [-0.4, -0.2) is 20.8 Å². The summed E-state index contributed by atoms with van der Waals surface area (Å²) >= 11 is 3.41. The van der Waals surface area contributed by atoms with Gasteiger partial charge in [-0.3, -0.25) is 4.68 Å². The van der Waals surface area contributed by atoms with Gasteiger partial charge in [0, 0.05) is 41.3 Å². The van der Waals surface area contributed by atoms with Crippen molar-refractivity contribution in [1.29, 1.82) is 0 Å². The summed E-state index contributed by atoms with van der Waals surface area (Å²) in [5.41, 5.74) is 2.31. The Labute approximate surface area is 132 Å². The molecule has 4 nitrogen and oxygen atoms in total. The predicted octanol–water partition coefficient (Wildman–Crippen LogP) is 3.81. The molecule has 0 aliphatic heterocycles. The average Bonchev–Trinajstić information content (AvgIpc) is 3.25. The Balaban J connectivity index is 1.58. The van der Waals surface area contributed by atoms with Crippen molar-refractivity contribution in [3.63, 3.8) is 0 Å². The maximum atomic E-state index is 4.69. The Kier molecular flexibility index (Phi) is 4.48. The van der Waals surface area contributed by atoms with E-state index in [9.17, 15) is 0 Å². The number of thiazole rings is 1. The summed E-state index contributed by atoms with van der Waals surface area (Å²) in [4.78, 5) is 4.69. The topological polar surface area (TPSA) is 42.7 Å². The van der Waals surface area contributed by atoms with E-state index in [1.807, 2.05) is 23.1 Å². The molecule has 0 aliphatic carbocycles. The molecule has 3 rings (SSSR count).